The average Bonchev–Trinajstić information content (AvgIpc) is 2.94. The summed E-state index contributed by atoms with van der Waals surface area (Å²) in [7, 11) is 0. The number of aliphatic hydroxyl groups excluding tert-OH is 1. The van der Waals surface area contributed by atoms with Gasteiger partial charge in [-0.3, -0.25) is 0 Å². The number of aromatic nitrogens is 2. The number of unbranched alkanes of at least 4 members (excludes halogenated alkanes) is 1. The number of carboxylic acids is 1. The van der Waals surface area contributed by atoms with Gasteiger partial charge in [-0.25, -0.2) is 9.13 Å². The summed E-state index contributed by atoms with van der Waals surface area (Å²) in [6.07, 6.45) is 7.63. The lowest BCUT2D eigenvalue weighted by molar-refractivity contribution is -0.687. The predicted octanol–water partition coefficient (Wildman–Crippen LogP) is 0.741. The van der Waals surface area contributed by atoms with Crippen LogP contribution in [0.3, 0.4) is 0 Å². The van der Waals surface area contributed by atoms with Crippen molar-refractivity contribution in [2.45, 2.75) is 45.9 Å². The zero-order valence-corrected chi connectivity index (χ0v) is 13.2. The number of aryl methyl sites for hydroxylation is 1. The van der Waals surface area contributed by atoms with Crippen molar-refractivity contribution in [3.63, 3.8) is 0 Å². The van der Waals surface area contributed by atoms with Crippen molar-refractivity contribution in [3.05, 3.63) is 54.6 Å². The number of carbonyl (C=O) groups is 1. The van der Waals surface area contributed by atoms with Crippen LogP contribution in [-0.4, -0.2) is 21.7 Å². The molecule has 1 N–H and O–H groups in total. The molecule has 5 nitrogen and oxygen atoms in total. The van der Waals surface area contributed by atoms with E-state index in [2.05, 4.69) is 65.1 Å². The molecule has 0 fully saturated rings. The van der Waals surface area contributed by atoms with Crippen molar-refractivity contribution in [2.24, 2.45) is 0 Å². The summed E-state index contributed by atoms with van der Waals surface area (Å²) in [5.41, 5.74) is 1.35. The number of hydrogen-bond acceptors (Lipinski definition) is 3. The minimum Gasteiger partial charge on any atom is -0.547 e. The summed E-state index contributed by atoms with van der Waals surface area (Å²) < 4.78 is 4.48. The normalized spacial score (nSPS) is 11.4. The molecule has 0 aliphatic rings. The SMILES string of the molecule is CC(O)C(=O)[O-].CCCCn1cc[n+](Cc2ccccc2)c1. The molecule has 1 atom stereocenters. The van der Waals surface area contributed by atoms with E-state index in [1.54, 1.807) is 0 Å². The van der Waals surface area contributed by atoms with Crippen molar-refractivity contribution in [1.29, 1.82) is 0 Å². The summed E-state index contributed by atoms with van der Waals surface area (Å²) in [6.45, 7) is 5.44. The highest BCUT2D eigenvalue weighted by molar-refractivity contribution is 5.68. The molecule has 5 heteroatoms. The Balaban J connectivity index is 0.000000346. The lowest BCUT2D eigenvalue weighted by Gasteiger charge is -2.00. The maximum absolute atomic E-state index is 9.34. The highest BCUT2D eigenvalue weighted by atomic mass is 16.4. The first-order valence-corrected chi connectivity index (χ1v) is 7.50. The summed E-state index contributed by atoms with van der Waals surface area (Å²) in [5.74, 6) is -1.44. The Bertz CT molecular complexity index is 550. The quantitative estimate of drug-likeness (QED) is 0.800. The largest absolute Gasteiger partial charge is 0.547 e. The molecule has 0 spiro atoms. The van der Waals surface area contributed by atoms with Crippen LogP contribution >= 0.6 is 0 Å². The van der Waals surface area contributed by atoms with Gasteiger partial charge in [-0.05, 0) is 18.9 Å². The zero-order chi connectivity index (χ0) is 16.4. The zero-order valence-electron chi connectivity index (χ0n) is 13.2. The van der Waals surface area contributed by atoms with E-state index >= 15 is 0 Å². The van der Waals surface area contributed by atoms with Crippen LogP contribution in [0.15, 0.2) is 49.1 Å². The Hall–Kier alpha value is -2.14. The van der Waals surface area contributed by atoms with Gasteiger partial charge in [-0.15, -0.1) is 0 Å². The predicted molar refractivity (Wildman–Crippen MR) is 81.8 cm³/mol. The molecule has 0 bridgehead atoms. The van der Waals surface area contributed by atoms with Crippen molar-refractivity contribution in [2.75, 3.05) is 0 Å². The van der Waals surface area contributed by atoms with Gasteiger partial charge < -0.3 is 15.0 Å². The second-order valence-electron chi connectivity index (χ2n) is 5.16. The molecular formula is C17H24N2O3. The standard InChI is InChI=1S/C14H19N2.C3H6O3/c1-2-3-9-15-10-11-16(13-15)12-14-7-5-4-6-8-14;1-2(4)3(5)6/h4-8,10-11,13H,2-3,9,12H2,1H3;2,4H,1H3,(H,5,6)/q+1;/p-1. The maximum atomic E-state index is 9.34. The van der Waals surface area contributed by atoms with Crippen molar-refractivity contribution in [1.82, 2.24) is 4.57 Å². The van der Waals surface area contributed by atoms with Gasteiger partial charge in [0.1, 0.15) is 18.9 Å². The Labute approximate surface area is 131 Å². The Morgan fingerprint density at radius 3 is 2.55 bits per heavy atom. The number of rotatable bonds is 6. The molecule has 1 aromatic heterocycles. The summed E-state index contributed by atoms with van der Waals surface area (Å²) >= 11 is 0. The van der Waals surface area contributed by atoms with Crippen LogP contribution in [0.4, 0.5) is 0 Å². The van der Waals surface area contributed by atoms with E-state index < -0.39 is 12.1 Å². The Kier molecular flexibility index (Phi) is 7.92. The van der Waals surface area contributed by atoms with Crippen LogP contribution in [0.25, 0.3) is 0 Å². The molecule has 2 aromatic rings. The first kappa shape index (κ1) is 17.9. The fraction of sp³-hybridized carbons (Fsp3) is 0.412. The monoisotopic (exact) mass is 304 g/mol. The van der Waals surface area contributed by atoms with Crippen molar-refractivity contribution >= 4 is 5.97 Å². The summed E-state index contributed by atoms with van der Waals surface area (Å²) in [5, 5.41) is 17.3. The van der Waals surface area contributed by atoms with Gasteiger partial charge in [0.2, 0.25) is 6.33 Å². The lowest BCUT2D eigenvalue weighted by Crippen LogP contribution is -2.32. The highest BCUT2D eigenvalue weighted by Crippen LogP contribution is 1.98. The summed E-state index contributed by atoms with van der Waals surface area (Å²) in [4.78, 5) is 9.34. The molecule has 0 radical (unpaired) electrons. The maximum Gasteiger partial charge on any atom is 0.244 e. The number of imidazole rings is 1. The number of hydrogen-bond donors (Lipinski definition) is 1. The third kappa shape index (κ3) is 7.04. The van der Waals surface area contributed by atoms with E-state index in [0.717, 1.165) is 20.0 Å². The fourth-order valence-corrected chi connectivity index (χ4v) is 1.80. The Morgan fingerprint density at radius 2 is 2.00 bits per heavy atom. The molecule has 1 aromatic carbocycles. The van der Waals surface area contributed by atoms with Gasteiger partial charge in [0, 0.05) is 0 Å². The molecule has 0 amide bonds. The molecule has 0 saturated heterocycles. The number of benzene rings is 1. The number of carbonyl (C=O) groups excluding carboxylic acids is 1. The topological polar surface area (TPSA) is 69.2 Å². The fourth-order valence-electron chi connectivity index (χ4n) is 1.80. The average molecular weight is 304 g/mol. The minimum atomic E-state index is -1.44. The molecular weight excluding hydrogens is 280 g/mol. The number of nitrogens with zero attached hydrogens (tertiary/aromatic N) is 2. The van der Waals surface area contributed by atoms with Gasteiger partial charge in [0.25, 0.3) is 0 Å². The third-order valence-corrected chi connectivity index (χ3v) is 3.07. The van der Waals surface area contributed by atoms with E-state index in [1.807, 2.05) is 0 Å². The minimum absolute atomic E-state index is 0.958. The molecule has 0 aliphatic carbocycles. The Morgan fingerprint density at radius 1 is 1.36 bits per heavy atom. The third-order valence-electron chi connectivity index (χ3n) is 3.07. The first-order valence-electron chi connectivity index (χ1n) is 7.50. The van der Waals surface area contributed by atoms with E-state index in [1.165, 1.54) is 18.4 Å². The second kappa shape index (κ2) is 9.73. The van der Waals surface area contributed by atoms with Gasteiger partial charge in [0.05, 0.1) is 18.6 Å². The van der Waals surface area contributed by atoms with Crippen LogP contribution in [0.2, 0.25) is 0 Å². The van der Waals surface area contributed by atoms with Gasteiger partial charge in [-0.2, -0.15) is 0 Å². The van der Waals surface area contributed by atoms with Crippen LogP contribution in [-0.2, 0) is 17.9 Å². The molecule has 22 heavy (non-hydrogen) atoms. The first-order chi connectivity index (χ1) is 10.5. The number of aliphatic hydroxyl groups is 1. The molecule has 1 unspecified atom stereocenters. The molecule has 120 valence electrons. The van der Waals surface area contributed by atoms with Crippen LogP contribution in [0.5, 0.6) is 0 Å². The van der Waals surface area contributed by atoms with Crippen LogP contribution < -0.4 is 9.67 Å². The molecule has 1 heterocycles. The van der Waals surface area contributed by atoms with Crippen molar-refractivity contribution < 1.29 is 19.6 Å². The van der Waals surface area contributed by atoms with E-state index in [0.29, 0.717) is 0 Å². The second-order valence-corrected chi connectivity index (χ2v) is 5.16. The van der Waals surface area contributed by atoms with Gasteiger partial charge >= 0.3 is 0 Å². The number of carboxylic acid groups (broad SMARTS) is 1. The summed E-state index contributed by atoms with van der Waals surface area (Å²) in [6, 6.07) is 10.6. The smallest absolute Gasteiger partial charge is 0.244 e. The van der Waals surface area contributed by atoms with Gasteiger partial charge in [0.15, 0.2) is 0 Å². The van der Waals surface area contributed by atoms with Crippen LogP contribution in [0, 0.1) is 0 Å². The lowest BCUT2D eigenvalue weighted by atomic mass is 10.2. The van der Waals surface area contributed by atoms with Crippen LogP contribution in [0.1, 0.15) is 32.3 Å². The van der Waals surface area contributed by atoms with E-state index in [-0.39, 0.29) is 0 Å². The molecule has 2 rings (SSSR count). The molecule has 0 aliphatic heterocycles. The van der Waals surface area contributed by atoms with E-state index in [4.69, 9.17) is 5.11 Å². The van der Waals surface area contributed by atoms with E-state index in [9.17, 15) is 9.90 Å². The highest BCUT2D eigenvalue weighted by Gasteiger charge is 2.03. The van der Waals surface area contributed by atoms with Gasteiger partial charge in [-0.1, -0.05) is 43.7 Å². The number of aliphatic carboxylic acids is 1. The van der Waals surface area contributed by atoms with Crippen molar-refractivity contribution in [3.8, 4) is 0 Å². The molecule has 0 saturated carbocycles.